The van der Waals surface area contributed by atoms with Crippen molar-refractivity contribution >= 4 is 37.2 Å². The van der Waals surface area contributed by atoms with Gasteiger partial charge in [-0.05, 0) is 24.6 Å². The highest BCUT2D eigenvalue weighted by atomic mass is 35.5. The molecule has 0 aliphatic carbocycles. The Morgan fingerprint density at radius 1 is 1.19 bits per heavy atom. The van der Waals surface area contributed by atoms with Crippen LogP contribution in [0.4, 0.5) is 0 Å². The number of rotatable bonds is 7. The third kappa shape index (κ3) is 4.98. The van der Waals surface area contributed by atoms with E-state index in [9.17, 15) is 21.6 Å². The molecule has 0 atom stereocenters. The predicted molar refractivity (Wildman–Crippen MR) is 79.4 cm³/mol. The van der Waals surface area contributed by atoms with Crippen molar-refractivity contribution in [3.05, 3.63) is 28.8 Å². The van der Waals surface area contributed by atoms with Gasteiger partial charge in [-0.2, -0.15) is 0 Å². The molecule has 0 radical (unpaired) electrons. The molecule has 0 unspecified atom stereocenters. The molecular formula is C12H15ClO6S2. The minimum Gasteiger partial charge on any atom is -0.478 e. The van der Waals surface area contributed by atoms with Crippen molar-refractivity contribution in [3.63, 3.8) is 0 Å². The van der Waals surface area contributed by atoms with Gasteiger partial charge in [0.25, 0.3) is 0 Å². The first-order valence-corrected chi connectivity index (χ1v) is 9.90. The summed E-state index contributed by atoms with van der Waals surface area (Å²) in [6, 6.07) is 3.38. The van der Waals surface area contributed by atoms with Crippen LogP contribution >= 0.6 is 11.6 Å². The number of carbonyl (C=O) groups is 1. The van der Waals surface area contributed by atoms with E-state index < -0.39 is 31.4 Å². The maximum Gasteiger partial charge on any atom is 0.335 e. The molecule has 0 fully saturated rings. The lowest BCUT2D eigenvalue weighted by Crippen LogP contribution is -2.15. The minimum atomic E-state index is -3.84. The number of halogens is 1. The molecule has 0 saturated carbocycles. The Labute approximate surface area is 128 Å². The number of carboxylic acids is 1. The number of benzene rings is 1. The molecule has 0 aliphatic rings. The van der Waals surface area contributed by atoms with Crippen LogP contribution in [0.2, 0.25) is 5.02 Å². The van der Waals surface area contributed by atoms with Crippen LogP contribution in [0.1, 0.15) is 23.7 Å². The average molecular weight is 355 g/mol. The zero-order valence-electron chi connectivity index (χ0n) is 11.2. The monoisotopic (exact) mass is 354 g/mol. The molecule has 118 valence electrons. The van der Waals surface area contributed by atoms with Crippen LogP contribution in [0, 0.1) is 0 Å². The van der Waals surface area contributed by atoms with Gasteiger partial charge in [0.05, 0.1) is 27.0 Å². The lowest BCUT2D eigenvalue weighted by atomic mass is 10.2. The highest BCUT2D eigenvalue weighted by molar-refractivity contribution is 7.92. The van der Waals surface area contributed by atoms with Gasteiger partial charge in [-0.15, -0.1) is 0 Å². The summed E-state index contributed by atoms with van der Waals surface area (Å²) >= 11 is 5.79. The Bertz CT molecular complexity index is 737. The first kappa shape index (κ1) is 17.9. The number of hydrogen-bond acceptors (Lipinski definition) is 5. The highest BCUT2D eigenvalue weighted by Gasteiger charge is 2.21. The quantitative estimate of drug-likeness (QED) is 0.797. The SMILES string of the molecule is CCS(=O)(=O)CCCS(=O)(=O)c1cc(C(=O)O)ccc1Cl. The summed E-state index contributed by atoms with van der Waals surface area (Å²) in [5.74, 6) is -1.97. The topological polar surface area (TPSA) is 106 Å². The zero-order chi connectivity index (χ0) is 16.3. The van der Waals surface area contributed by atoms with Crippen molar-refractivity contribution in [1.82, 2.24) is 0 Å². The van der Waals surface area contributed by atoms with Crippen LogP contribution in [0.25, 0.3) is 0 Å². The normalized spacial score (nSPS) is 12.3. The van der Waals surface area contributed by atoms with Gasteiger partial charge in [0.15, 0.2) is 9.84 Å². The first-order valence-electron chi connectivity index (χ1n) is 6.05. The van der Waals surface area contributed by atoms with E-state index in [2.05, 4.69) is 0 Å². The molecule has 0 amide bonds. The van der Waals surface area contributed by atoms with E-state index in [4.69, 9.17) is 16.7 Å². The maximum absolute atomic E-state index is 12.1. The molecule has 0 aromatic heterocycles. The molecule has 1 N–H and O–H groups in total. The van der Waals surface area contributed by atoms with Crippen LogP contribution < -0.4 is 0 Å². The standard InChI is InChI=1S/C12H15ClO6S2/c1-2-20(16,17)6-3-7-21(18,19)11-8-9(12(14)15)4-5-10(11)13/h4-5,8H,2-3,6-7H2,1H3,(H,14,15). The van der Waals surface area contributed by atoms with Gasteiger partial charge >= 0.3 is 5.97 Å². The molecule has 0 aliphatic heterocycles. The maximum atomic E-state index is 12.1. The number of carboxylic acid groups (broad SMARTS) is 1. The number of hydrogen-bond donors (Lipinski definition) is 1. The second kappa shape index (κ2) is 6.76. The van der Waals surface area contributed by atoms with Gasteiger partial charge in [-0.25, -0.2) is 21.6 Å². The third-order valence-electron chi connectivity index (χ3n) is 2.82. The summed E-state index contributed by atoms with van der Waals surface area (Å²) in [5, 5.41) is 8.78. The zero-order valence-corrected chi connectivity index (χ0v) is 13.6. The van der Waals surface area contributed by atoms with E-state index in [-0.39, 0.29) is 33.4 Å². The van der Waals surface area contributed by atoms with Crippen molar-refractivity contribution in [3.8, 4) is 0 Å². The largest absolute Gasteiger partial charge is 0.478 e. The lowest BCUT2D eigenvalue weighted by Gasteiger charge is -2.07. The van der Waals surface area contributed by atoms with Crippen molar-refractivity contribution < 1.29 is 26.7 Å². The Hall–Kier alpha value is -1.12. The Morgan fingerprint density at radius 3 is 2.33 bits per heavy atom. The molecule has 21 heavy (non-hydrogen) atoms. The van der Waals surface area contributed by atoms with E-state index in [1.54, 1.807) is 0 Å². The summed E-state index contributed by atoms with van der Waals surface area (Å²) in [6.07, 6.45) is -0.0634. The van der Waals surface area contributed by atoms with Gasteiger partial charge < -0.3 is 5.11 Å². The van der Waals surface area contributed by atoms with Crippen molar-refractivity contribution in [1.29, 1.82) is 0 Å². The van der Waals surface area contributed by atoms with Crippen LogP contribution in [-0.4, -0.2) is 45.2 Å². The Balaban J connectivity index is 2.98. The number of aromatic carboxylic acids is 1. The average Bonchev–Trinajstić information content (AvgIpc) is 2.38. The van der Waals surface area contributed by atoms with E-state index >= 15 is 0 Å². The van der Waals surface area contributed by atoms with E-state index in [1.807, 2.05) is 0 Å². The summed E-state index contributed by atoms with van der Waals surface area (Å²) in [4.78, 5) is 10.6. The lowest BCUT2D eigenvalue weighted by molar-refractivity contribution is 0.0696. The highest BCUT2D eigenvalue weighted by Crippen LogP contribution is 2.24. The second-order valence-electron chi connectivity index (χ2n) is 4.36. The van der Waals surface area contributed by atoms with Crippen LogP contribution in [0.3, 0.4) is 0 Å². The van der Waals surface area contributed by atoms with Gasteiger partial charge in [0.2, 0.25) is 0 Å². The van der Waals surface area contributed by atoms with Gasteiger partial charge in [0.1, 0.15) is 9.84 Å². The van der Waals surface area contributed by atoms with E-state index in [0.717, 1.165) is 6.07 Å². The van der Waals surface area contributed by atoms with Crippen LogP contribution in [-0.2, 0) is 19.7 Å². The number of sulfone groups is 2. The van der Waals surface area contributed by atoms with Crippen LogP contribution in [0.15, 0.2) is 23.1 Å². The molecule has 1 rings (SSSR count). The molecule has 9 heteroatoms. The summed E-state index contributed by atoms with van der Waals surface area (Å²) in [7, 11) is -7.08. The van der Waals surface area contributed by atoms with Gasteiger partial charge in [0, 0.05) is 5.75 Å². The van der Waals surface area contributed by atoms with Crippen molar-refractivity contribution in [2.75, 3.05) is 17.3 Å². The molecule has 0 heterocycles. The molecule has 0 saturated heterocycles. The Kier molecular flexibility index (Phi) is 5.77. The predicted octanol–water partition coefficient (Wildman–Crippen LogP) is 1.64. The summed E-state index contributed by atoms with van der Waals surface area (Å²) < 4.78 is 46.9. The van der Waals surface area contributed by atoms with E-state index in [1.165, 1.54) is 19.1 Å². The van der Waals surface area contributed by atoms with Gasteiger partial charge in [-0.1, -0.05) is 18.5 Å². The van der Waals surface area contributed by atoms with Gasteiger partial charge in [-0.3, -0.25) is 0 Å². The molecule has 0 spiro atoms. The van der Waals surface area contributed by atoms with E-state index in [0.29, 0.717) is 0 Å². The molecule has 0 bridgehead atoms. The fraction of sp³-hybridized carbons (Fsp3) is 0.417. The second-order valence-corrected chi connectivity index (χ2v) is 9.32. The van der Waals surface area contributed by atoms with Crippen LogP contribution in [0.5, 0.6) is 0 Å². The molecular weight excluding hydrogens is 340 g/mol. The minimum absolute atomic E-state index is 0.0533. The first-order chi connectivity index (χ1) is 9.59. The Morgan fingerprint density at radius 2 is 1.81 bits per heavy atom. The van der Waals surface area contributed by atoms with Crippen molar-refractivity contribution in [2.24, 2.45) is 0 Å². The third-order valence-corrected chi connectivity index (χ3v) is 6.89. The smallest absolute Gasteiger partial charge is 0.335 e. The fourth-order valence-electron chi connectivity index (χ4n) is 1.60. The summed E-state index contributed by atoms with van der Waals surface area (Å²) in [5.41, 5.74) is -0.195. The molecule has 6 nitrogen and oxygen atoms in total. The molecule has 1 aromatic rings. The fourth-order valence-corrected chi connectivity index (χ4v) is 4.54. The molecule has 1 aromatic carbocycles. The van der Waals surface area contributed by atoms with Crippen molar-refractivity contribution in [2.45, 2.75) is 18.2 Å². The summed E-state index contributed by atoms with van der Waals surface area (Å²) in [6.45, 7) is 1.48.